The molecule has 104 valence electrons. The second-order valence-corrected chi connectivity index (χ2v) is 5.10. The van der Waals surface area contributed by atoms with Gasteiger partial charge in [-0.25, -0.2) is 4.39 Å². The lowest BCUT2D eigenvalue weighted by molar-refractivity contribution is -0.141. The van der Waals surface area contributed by atoms with Crippen molar-refractivity contribution in [1.82, 2.24) is 0 Å². The van der Waals surface area contributed by atoms with E-state index in [1.807, 2.05) is 30.3 Å². The molecule has 0 bridgehead atoms. The number of carboxylic acids is 1. The Hall–Kier alpha value is -1.87. The largest absolute Gasteiger partial charge is 0.481 e. The normalized spacial score (nSPS) is 12.1. The quantitative estimate of drug-likeness (QED) is 0.905. The van der Waals surface area contributed by atoms with Gasteiger partial charge in [0, 0.05) is 5.02 Å². The van der Waals surface area contributed by atoms with Crippen molar-refractivity contribution in [2.24, 2.45) is 5.92 Å². The molecule has 0 aromatic heterocycles. The average molecular weight is 293 g/mol. The van der Waals surface area contributed by atoms with E-state index in [9.17, 15) is 14.3 Å². The smallest absolute Gasteiger partial charge is 0.307 e. The highest BCUT2D eigenvalue weighted by atomic mass is 35.5. The standard InChI is InChI=1S/C16H14ClFO2/c17-14-7-6-12(15(18)10-14)9-13(16(19)20)8-11-4-2-1-3-5-11/h1-7,10,13H,8-9H2,(H,19,20). The molecule has 2 nitrogen and oxygen atoms in total. The zero-order valence-corrected chi connectivity index (χ0v) is 11.5. The average Bonchev–Trinajstić information content (AvgIpc) is 2.42. The van der Waals surface area contributed by atoms with Crippen molar-refractivity contribution in [3.8, 4) is 0 Å². The van der Waals surface area contributed by atoms with Crippen LogP contribution in [0.3, 0.4) is 0 Å². The predicted molar refractivity (Wildman–Crippen MR) is 76.4 cm³/mol. The molecule has 2 aromatic carbocycles. The third-order valence-corrected chi connectivity index (χ3v) is 3.39. The molecule has 1 atom stereocenters. The van der Waals surface area contributed by atoms with Gasteiger partial charge in [0.05, 0.1) is 5.92 Å². The number of rotatable bonds is 5. The van der Waals surface area contributed by atoms with Crippen molar-refractivity contribution in [3.63, 3.8) is 0 Å². The van der Waals surface area contributed by atoms with Crippen LogP contribution in [0.5, 0.6) is 0 Å². The van der Waals surface area contributed by atoms with Gasteiger partial charge in [0.1, 0.15) is 5.82 Å². The van der Waals surface area contributed by atoms with Crippen molar-refractivity contribution in [2.75, 3.05) is 0 Å². The maximum atomic E-state index is 13.7. The fourth-order valence-corrected chi connectivity index (χ4v) is 2.26. The monoisotopic (exact) mass is 292 g/mol. The Morgan fingerprint density at radius 2 is 1.85 bits per heavy atom. The van der Waals surface area contributed by atoms with Gasteiger partial charge >= 0.3 is 5.97 Å². The molecular formula is C16H14ClFO2. The minimum atomic E-state index is -0.928. The van der Waals surface area contributed by atoms with E-state index in [1.54, 1.807) is 12.1 Å². The molecule has 2 aromatic rings. The van der Waals surface area contributed by atoms with Crippen LogP contribution in [0.2, 0.25) is 5.02 Å². The summed E-state index contributed by atoms with van der Waals surface area (Å²) in [6.07, 6.45) is 0.519. The Bertz CT molecular complexity index is 599. The van der Waals surface area contributed by atoms with Crippen molar-refractivity contribution >= 4 is 17.6 Å². The molecule has 4 heteroatoms. The second-order valence-electron chi connectivity index (χ2n) is 4.66. The van der Waals surface area contributed by atoms with E-state index in [4.69, 9.17) is 11.6 Å². The van der Waals surface area contributed by atoms with E-state index < -0.39 is 17.7 Å². The van der Waals surface area contributed by atoms with E-state index in [1.165, 1.54) is 6.07 Å². The van der Waals surface area contributed by atoms with Crippen LogP contribution in [0.15, 0.2) is 48.5 Å². The third-order valence-electron chi connectivity index (χ3n) is 3.16. The number of carbonyl (C=O) groups is 1. The summed E-state index contributed by atoms with van der Waals surface area (Å²) in [7, 11) is 0. The molecular weight excluding hydrogens is 279 g/mol. The van der Waals surface area contributed by atoms with Crippen LogP contribution in [-0.4, -0.2) is 11.1 Å². The van der Waals surface area contributed by atoms with Crippen LogP contribution >= 0.6 is 11.6 Å². The van der Waals surface area contributed by atoms with Gasteiger partial charge in [-0.1, -0.05) is 48.0 Å². The molecule has 0 fully saturated rings. The van der Waals surface area contributed by atoms with E-state index in [2.05, 4.69) is 0 Å². The molecule has 0 spiro atoms. The lowest BCUT2D eigenvalue weighted by Crippen LogP contribution is -2.19. The fraction of sp³-hybridized carbons (Fsp3) is 0.188. The summed E-state index contributed by atoms with van der Waals surface area (Å²) in [6, 6.07) is 13.6. The number of halogens is 2. The van der Waals surface area contributed by atoms with Crippen LogP contribution in [0.1, 0.15) is 11.1 Å². The summed E-state index contributed by atoms with van der Waals surface area (Å²) in [6.45, 7) is 0. The maximum Gasteiger partial charge on any atom is 0.307 e. The number of benzene rings is 2. The van der Waals surface area contributed by atoms with Gasteiger partial charge in [0.2, 0.25) is 0 Å². The van der Waals surface area contributed by atoms with Gasteiger partial charge in [-0.3, -0.25) is 4.79 Å². The molecule has 0 heterocycles. The summed E-state index contributed by atoms with van der Waals surface area (Å²) in [5.74, 6) is -2.05. The molecule has 0 radical (unpaired) electrons. The zero-order valence-electron chi connectivity index (χ0n) is 10.7. The molecule has 0 saturated heterocycles. The van der Waals surface area contributed by atoms with Gasteiger partial charge in [-0.15, -0.1) is 0 Å². The van der Waals surface area contributed by atoms with Gasteiger partial charge in [-0.2, -0.15) is 0 Å². The zero-order chi connectivity index (χ0) is 14.5. The number of aliphatic carboxylic acids is 1. The fourth-order valence-electron chi connectivity index (χ4n) is 2.10. The van der Waals surface area contributed by atoms with E-state index in [-0.39, 0.29) is 6.42 Å². The summed E-state index contributed by atoms with van der Waals surface area (Å²) in [4.78, 5) is 11.3. The molecule has 0 aliphatic rings. The minimum Gasteiger partial charge on any atom is -0.481 e. The molecule has 0 amide bonds. The Labute approximate surface area is 121 Å². The lowest BCUT2D eigenvalue weighted by atomic mass is 9.92. The molecule has 1 N–H and O–H groups in total. The van der Waals surface area contributed by atoms with Crippen LogP contribution in [-0.2, 0) is 17.6 Å². The third kappa shape index (κ3) is 3.81. The Kier molecular flexibility index (Phi) is 4.74. The van der Waals surface area contributed by atoms with Crippen molar-refractivity contribution in [1.29, 1.82) is 0 Å². The molecule has 0 aliphatic heterocycles. The highest BCUT2D eigenvalue weighted by molar-refractivity contribution is 6.30. The van der Waals surface area contributed by atoms with Gasteiger partial charge in [-0.05, 0) is 36.1 Å². The number of carboxylic acid groups (broad SMARTS) is 1. The van der Waals surface area contributed by atoms with E-state index in [0.717, 1.165) is 5.56 Å². The van der Waals surface area contributed by atoms with Crippen molar-refractivity contribution in [2.45, 2.75) is 12.8 Å². The second kappa shape index (κ2) is 6.53. The Morgan fingerprint density at radius 1 is 1.15 bits per heavy atom. The first-order chi connectivity index (χ1) is 9.56. The first-order valence-corrected chi connectivity index (χ1v) is 6.64. The predicted octanol–water partition coefficient (Wildman–Crippen LogP) is 3.97. The molecule has 1 unspecified atom stereocenters. The molecule has 0 saturated carbocycles. The molecule has 2 rings (SSSR count). The van der Waals surface area contributed by atoms with Crippen molar-refractivity contribution < 1.29 is 14.3 Å². The van der Waals surface area contributed by atoms with Gasteiger partial charge < -0.3 is 5.11 Å². The summed E-state index contributed by atoms with van der Waals surface area (Å²) in [5.41, 5.74) is 1.30. The number of hydrogen-bond acceptors (Lipinski definition) is 1. The van der Waals surface area contributed by atoms with Crippen LogP contribution in [0, 0.1) is 11.7 Å². The minimum absolute atomic E-state index is 0.146. The molecule has 20 heavy (non-hydrogen) atoms. The lowest BCUT2D eigenvalue weighted by Gasteiger charge is -2.13. The summed E-state index contributed by atoms with van der Waals surface area (Å²) in [5, 5.41) is 9.60. The Morgan fingerprint density at radius 3 is 2.45 bits per heavy atom. The highest BCUT2D eigenvalue weighted by Gasteiger charge is 2.20. The van der Waals surface area contributed by atoms with Gasteiger partial charge in [0.15, 0.2) is 0 Å². The van der Waals surface area contributed by atoms with E-state index >= 15 is 0 Å². The Balaban J connectivity index is 2.15. The van der Waals surface area contributed by atoms with Crippen molar-refractivity contribution in [3.05, 3.63) is 70.5 Å². The summed E-state index contributed by atoms with van der Waals surface area (Å²) >= 11 is 5.69. The number of hydrogen-bond donors (Lipinski definition) is 1. The van der Waals surface area contributed by atoms with Gasteiger partial charge in [0.25, 0.3) is 0 Å². The highest BCUT2D eigenvalue weighted by Crippen LogP contribution is 2.20. The topological polar surface area (TPSA) is 37.3 Å². The SMILES string of the molecule is O=C(O)C(Cc1ccccc1)Cc1ccc(Cl)cc1F. The maximum absolute atomic E-state index is 13.7. The molecule has 0 aliphatic carbocycles. The summed E-state index contributed by atoms with van der Waals surface area (Å²) < 4.78 is 13.7. The first kappa shape index (κ1) is 14.5. The van der Waals surface area contributed by atoms with Crippen LogP contribution in [0.25, 0.3) is 0 Å². The first-order valence-electron chi connectivity index (χ1n) is 6.27. The van der Waals surface area contributed by atoms with E-state index in [0.29, 0.717) is 17.0 Å². The van der Waals surface area contributed by atoms with Crippen LogP contribution in [0.4, 0.5) is 4.39 Å². The van der Waals surface area contributed by atoms with Crippen LogP contribution < -0.4 is 0 Å².